The third-order valence-electron chi connectivity index (χ3n) is 4.49. The van der Waals surface area contributed by atoms with Gasteiger partial charge in [0.1, 0.15) is 0 Å². The van der Waals surface area contributed by atoms with Crippen LogP contribution in [0.15, 0.2) is 39.4 Å². The summed E-state index contributed by atoms with van der Waals surface area (Å²) >= 11 is 0. The number of piperidine rings is 1. The first-order valence-electron chi connectivity index (χ1n) is 8.45. The summed E-state index contributed by atoms with van der Waals surface area (Å²) in [7, 11) is 0. The third-order valence-corrected chi connectivity index (χ3v) is 4.49. The molecule has 4 rings (SSSR count). The van der Waals surface area contributed by atoms with Crippen molar-refractivity contribution in [3.8, 4) is 22.9 Å². The second-order valence-electron chi connectivity index (χ2n) is 6.26. The lowest BCUT2D eigenvalue weighted by molar-refractivity contribution is -0.384. The summed E-state index contributed by atoms with van der Waals surface area (Å²) in [5.41, 5.74) is 0.667. The van der Waals surface area contributed by atoms with Gasteiger partial charge in [0.05, 0.1) is 10.5 Å². The van der Waals surface area contributed by atoms with Crippen LogP contribution in [0.25, 0.3) is 22.9 Å². The molecule has 1 aliphatic rings. The fraction of sp³-hybridized carbons (Fsp3) is 0.353. The molecule has 0 aliphatic carbocycles. The van der Waals surface area contributed by atoms with Gasteiger partial charge in [0.25, 0.3) is 11.6 Å². The van der Waals surface area contributed by atoms with E-state index in [0.717, 1.165) is 32.4 Å². The number of rotatable bonds is 5. The van der Waals surface area contributed by atoms with E-state index in [0.29, 0.717) is 23.0 Å². The van der Waals surface area contributed by atoms with Crippen LogP contribution in [0.2, 0.25) is 0 Å². The van der Waals surface area contributed by atoms with Crippen LogP contribution in [-0.4, -0.2) is 33.3 Å². The summed E-state index contributed by atoms with van der Waals surface area (Å²) in [6, 6.07) is 7.91. The van der Waals surface area contributed by atoms with E-state index in [4.69, 9.17) is 9.05 Å². The molecule has 3 heterocycles. The van der Waals surface area contributed by atoms with Crippen molar-refractivity contribution in [3.05, 3.63) is 46.3 Å². The topological polar surface area (TPSA) is 120 Å². The van der Waals surface area contributed by atoms with E-state index in [1.165, 1.54) is 6.07 Å². The van der Waals surface area contributed by atoms with E-state index < -0.39 is 4.92 Å². The van der Waals surface area contributed by atoms with Gasteiger partial charge in [-0.1, -0.05) is 22.4 Å². The molecule has 1 aliphatic heterocycles. The van der Waals surface area contributed by atoms with Crippen molar-refractivity contribution in [2.24, 2.45) is 5.92 Å². The van der Waals surface area contributed by atoms with Crippen LogP contribution in [0.3, 0.4) is 0 Å². The molecule has 0 spiro atoms. The Morgan fingerprint density at radius 3 is 2.81 bits per heavy atom. The molecule has 26 heavy (non-hydrogen) atoms. The minimum absolute atomic E-state index is 0.0488. The molecule has 0 amide bonds. The van der Waals surface area contributed by atoms with Gasteiger partial charge in [-0.3, -0.25) is 10.1 Å². The lowest BCUT2D eigenvalue weighted by Crippen LogP contribution is -2.28. The van der Waals surface area contributed by atoms with Crippen LogP contribution in [0.1, 0.15) is 18.7 Å². The van der Waals surface area contributed by atoms with Crippen molar-refractivity contribution in [2.45, 2.75) is 19.3 Å². The Balaban J connectivity index is 1.54. The number of hydrogen-bond acceptors (Lipinski definition) is 8. The van der Waals surface area contributed by atoms with E-state index in [-0.39, 0.29) is 17.3 Å². The maximum Gasteiger partial charge on any atom is 0.280 e. The van der Waals surface area contributed by atoms with Gasteiger partial charge < -0.3 is 14.4 Å². The molecule has 0 atom stereocenters. The van der Waals surface area contributed by atoms with Crippen molar-refractivity contribution in [3.63, 3.8) is 0 Å². The Bertz CT molecular complexity index is 913. The fourth-order valence-electron chi connectivity index (χ4n) is 3.13. The Labute approximate surface area is 148 Å². The van der Waals surface area contributed by atoms with Crippen LogP contribution in [0, 0.1) is 16.0 Å². The van der Waals surface area contributed by atoms with Crippen molar-refractivity contribution >= 4 is 5.69 Å². The standard InChI is InChI=1S/C17H17N5O4/c23-22(24)14-4-2-1-3-12(14)15-10-13(20-25-15)17-19-16(21-26-17)9-11-5-7-18-8-6-11/h1-4,10-11,18H,5-9H2. The van der Waals surface area contributed by atoms with Crippen molar-refractivity contribution in [2.75, 3.05) is 13.1 Å². The molecule has 3 aromatic rings. The van der Waals surface area contributed by atoms with Crippen LogP contribution in [0.5, 0.6) is 0 Å². The zero-order chi connectivity index (χ0) is 17.9. The number of nitro benzene ring substituents is 1. The highest BCUT2D eigenvalue weighted by atomic mass is 16.6. The summed E-state index contributed by atoms with van der Waals surface area (Å²) < 4.78 is 10.6. The number of para-hydroxylation sites is 1. The predicted octanol–water partition coefficient (Wildman–Crippen LogP) is 2.84. The van der Waals surface area contributed by atoms with E-state index >= 15 is 0 Å². The Hall–Kier alpha value is -3.07. The van der Waals surface area contributed by atoms with E-state index in [1.807, 2.05) is 0 Å². The molecular weight excluding hydrogens is 338 g/mol. The first-order chi connectivity index (χ1) is 12.7. The summed E-state index contributed by atoms with van der Waals surface area (Å²) in [5.74, 6) is 1.72. The molecule has 0 unspecified atom stereocenters. The van der Waals surface area contributed by atoms with E-state index in [2.05, 4.69) is 20.6 Å². The molecule has 0 radical (unpaired) electrons. The van der Waals surface area contributed by atoms with Gasteiger partial charge in [-0.15, -0.1) is 0 Å². The maximum atomic E-state index is 11.2. The maximum absolute atomic E-state index is 11.2. The van der Waals surface area contributed by atoms with Crippen LogP contribution < -0.4 is 5.32 Å². The van der Waals surface area contributed by atoms with Gasteiger partial charge in [-0.05, 0) is 37.9 Å². The lowest BCUT2D eigenvalue weighted by atomic mass is 9.94. The van der Waals surface area contributed by atoms with Gasteiger partial charge in [0.15, 0.2) is 17.3 Å². The highest BCUT2D eigenvalue weighted by Gasteiger charge is 2.22. The smallest absolute Gasteiger partial charge is 0.280 e. The van der Waals surface area contributed by atoms with E-state index in [1.54, 1.807) is 24.3 Å². The zero-order valence-corrected chi connectivity index (χ0v) is 13.9. The number of aromatic nitrogens is 3. The van der Waals surface area contributed by atoms with E-state index in [9.17, 15) is 10.1 Å². The van der Waals surface area contributed by atoms with Gasteiger partial charge in [0.2, 0.25) is 0 Å². The average Bonchev–Trinajstić information content (AvgIpc) is 3.32. The van der Waals surface area contributed by atoms with Crippen LogP contribution >= 0.6 is 0 Å². The number of nitrogens with zero attached hydrogens (tertiary/aromatic N) is 4. The number of benzene rings is 1. The SMILES string of the molecule is O=[N+]([O-])c1ccccc1-c1cc(-c2nc(CC3CCNCC3)no2)no1. The Morgan fingerprint density at radius 1 is 1.19 bits per heavy atom. The second-order valence-corrected chi connectivity index (χ2v) is 6.26. The molecule has 1 fully saturated rings. The molecule has 1 aromatic carbocycles. The lowest BCUT2D eigenvalue weighted by Gasteiger charge is -2.20. The molecule has 0 saturated carbocycles. The Morgan fingerprint density at radius 2 is 2.00 bits per heavy atom. The van der Waals surface area contributed by atoms with Crippen LogP contribution in [-0.2, 0) is 6.42 Å². The molecule has 9 nitrogen and oxygen atoms in total. The quantitative estimate of drug-likeness (QED) is 0.548. The number of nitrogens with one attached hydrogen (secondary N) is 1. The summed E-state index contributed by atoms with van der Waals surface area (Å²) in [6.45, 7) is 2.02. The number of nitro groups is 1. The normalized spacial score (nSPS) is 15.2. The molecular formula is C17H17N5O4. The third kappa shape index (κ3) is 3.33. The summed E-state index contributed by atoms with van der Waals surface area (Å²) in [5, 5.41) is 22.4. The number of hydrogen-bond donors (Lipinski definition) is 1. The monoisotopic (exact) mass is 355 g/mol. The molecule has 1 N–H and O–H groups in total. The van der Waals surface area contributed by atoms with Gasteiger partial charge >= 0.3 is 0 Å². The fourth-order valence-corrected chi connectivity index (χ4v) is 3.13. The van der Waals surface area contributed by atoms with Gasteiger partial charge in [-0.25, -0.2) is 0 Å². The highest BCUT2D eigenvalue weighted by Crippen LogP contribution is 2.32. The predicted molar refractivity (Wildman–Crippen MR) is 91.2 cm³/mol. The molecule has 0 bridgehead atoms. The Kier molecular flexibility index (Phi) is 4.44. The molecule has 134 valence electrons. The van der Waals surface area contributed by atoms with Crippen molar-refractivity contribution in [1.29, 1.82) is 0 Å². The highest BCUT2D eigenvalue weighted by molar-refractivity contribution is 5.71. The van der Waals surface area contributed by atoms with Crippen molar-refractivity contribution < 1.29 is 14.0 Å². The van der Waals surface area contributed by atoms with Gasteiger partial charge in [0, 0.05) is 18.6 Å². The summed E-state index contributed by atoms with van der Waals surface area (Å²) in [6.07, 6.45) is 2.95. The molecule has 2 aromatic heterocycles. The minimum Gasteiger partial charge on any atom is -0.355 e. The summed E-state index contributed by atoms with van der Waals surface area (Å²) in [4.78, 5) is 15.1. The molecule has 1 saturated heterocycles. The minimum atomic E-state index is -0.457. The first-order valence-corrected chi connectivity index (χ1v) is 8.45. The van der Waals surface area contributed by atoms with Gasteiger partial charge in [-0.2, -0.15) is 4.98 Å². The largest absolute Gasteiger partial charge is 0.355 e. The first kappa shape index (κ1) is 16.4. The zero-order valence-electron chi connectivity index (χ0n) is 13.9. The van der Waals surface area contributed by atoms with Crippen LogP contribution in [0.4, 0.5) is 5.69 Å². The second kappa shape index (κ2) is 7.04. The molecule has 9 heteroatoms. The average molecular weight is 355 g/mol. The van der Waals surface area contributed by atoms with Crippen molar-refractivity contribution in [1.82, 2.24) is 20.6 Å².